The molecule has 0 bridgehead atoms. The van der Waals surface area contributed by atoms with Crippen LogP contribution < -0.4 is 10.2 Å². The highest BCUT2D eigenvalue weighted by atomic mass is 16.5. The summed E-state index contributed by atoms with van der Waals surface area (Å²) in [6.45, 7) is 4.96. The molecule has 136 valence electrons. The van der Waals surface area contributed by atoms with Gasteiger partial charge in [-0.15, -0.1) is 0 Å². The van der Waals surface area contributed by atoms with E-state index in [0.29, 0.717) is 11.4 Å². The molecule has 2 aromatic carbocycles. The van der Waals surface area contributed by atoms with Crippen LogP contribution in [0.1, 0.15) is 29.8 Å². The van der Waals surface area contributed by atoms with E-state index in [1.807, 2.05) is 25.1 Å². The molecule has 0 aliphatic heterocycles. The second-order valence-corrected chi connectivity index (χ2v) is 5.71. The van der Waals surface area contributed by atoms with Crippen LogP contribution in [-0.4, -0.2) is 30.9 Å². The quantitative estimate of drug-likeness (QED) is 0.809. The highest BCUT2D eigenvalue weighted by Gasteiger charge is 2.22. The number of rotatable bonds is 6. The van der Waals surface area contributed by atoms with Crippen molar-refractivity contribution in [3.63, 3.8) is 0 Å². The summed E-state index contributed by atoms with van der Waals surface area (Å²) in [5, 5.41) is 2.79. The largest absolute Gasteiger partial charge is 0.462 e. The number of amides is 2. The normalized spacial score (nSPS) is 10.1. The summed E-state index contributed by atoms with van der Waals surface area (Å²) in [5.41, 5.74) is 2.19. The van der Waals surface area contributed by atoms with E-state index >= 15 is 0 Å². The Labute approximate surface area is 152 Å². The molecule has 0 fully saturated rings. The second-order valence-electron chi connectivity index (χ2n) is 5.71. The van der Waals surface area contributed by atoms with Gasteiger partial charge in [0.1, 0.15) is 6.54 Å². The number of hydrogen-bond acceptors (Lipinski definition) is 4. The molecule has 6 heteroatoms. The minimum absolute atomic E-state index is 0.208. The Balaban J connectivity index is 2.25. The lowest BCUT2D eigenvalue weighted by Gasteiger charge is -2.23. The topological polar surface area (TPSA) is 75.7 Å². The van der Waals surface area contributed by atoms with Gasteiger partial charge in [-0.3, -0.25) is 9.59 Å². The zero-order valence-corrected chi connectivity index (χ0v) is 15.1. The molecule has 2 aromatic rings. The number of aryl methyl sites for hydroxylation is 1. The molecule has 0 saturated heterocycles. The Bertz CT molecular complexity index is 817. The van der Waals surface area contributed by atoms with Gasteiger partial charge in [-0.1, -0.05) is 30.3 Å². The fraction of sp³-hybridized carbons (Fsp3) is 0.250. The molecule has 0 heterocycles. The Morgan fingerprint density at radius 3 is 2.35 bits per heavy atom. The Morgan fingerprint density at radius 1 is 1.04 bits per heavy atom. The molecule has 0 spiro atoms. The lowest BCUT2D eigenvalue weighted by molar-refractivity contribution is -0.120. The summed E-state index contributed by atoms with van der Waals surface area (Å²) in [6, 6.07) is 13.9. The van der Waals surface area contributed by atoms with Crippen molar-refractivity contribution >= 4 is 29.2 Å². The lowest BCUT2D eigenvalue weighted by atomic mass is 10.1. The molecule has 6 nitrogen and oxygen atoms in total. The monoisotopic (exact) mass is 354 g/mol. The zero-order valence-electron chi connectivity index (χ0n) is 15.1. The van der Waals surface area contributed by atoms with Crippen molar-refractivity contribution in [1.29, 1.82) is 0 Å². The van der Waals surface area contributed by atoms with Crippen LogP contribution in [0.5, 0.6) is 0 Å². The molecule has 0 aliphatic rings. The van der Waals surface area contributed by atoms with Crippen LogP contribution in [0.15, 0.2) is 48.5 Å². The van der Waals surface area contributed by atoms with E-state index in [1.165, 1.54) is 11.8 Å². The third kappa shape index (κ3) is 4.69. The fourth-order valence-corrected chi connectivity index (χ4v) is 2.50. The first-order valence-electron chi connectivity index (χ1n) is 8.33. The van der Waals surface area contributed by atoms with Crippen molar-refractivity contribution < 1.29 is 19.1 Å². The van der Waals surface area contributed by atoms with Gasteiger partial charge in [0.15, 0.2) is 0 Å². The van der Waals surface area contributed by atoms with Gasteiger partial charge in [-0.05, 0) is 37.6 Å². The first-order valence-corrected chi connectivity index (χ1v) is 8.33. The van der Waals surface area contributed by atoms with Crippen molar-refractivity contribution in [2.45, 2.75) is 20.8 Å². The molecular weight excluding hydrogens is 332 g/mol. The number of carbonyl (C=O) groups excluding carboxylic acids is 3. The maximum Gasteiger partial charge on any atom is 0.340 e. The van der Waals surface area contributed by atoms with E-state index in [2.05, 4.69) is 5.32 Å². The number of hydrogen-bond donors (Lipinski definition) is 1. The van der Waals surface area contributed by atoms with E-state index in [-0.39, 0.29) is 30.5 Å². The van der Waals surface area contributed by atoms with Crippen molar-refractivity contribution in [2.24, 2.45) is 0 Å². The van der Waals surface area contributed by atoms with Gasteiger partial charge in [0.25, 0.3) is 0 Å². The molecule has 26 heavy (non-hydrogen) atoms. The average molecular weight is 354 g/mol. The third-order valence-corrected chi connectivity index (χ3v) is 3.79. The van der Waals surface area contributed by atoms with Crippen LogP contribution in [0.3, 0.4) is 0 Å². The van der Waals surface area contributed by atoms with E-state index < -0.39 is 5.97 Å². The lowest BCUT2D eigenvalue weighted by Crippen LogP contribution is -2.37. The fourth-order valence-electron chi connectivity index (χ4n) is 2.50. The third-order valence-electron chi connectivity index (χ3n) is 3.79. The van der Waals surface area contributed by atoms with Crippen LogP contribution in [0, 0.1) is 6.92 Å². The standard InChI is InChI=1S/C20H22N2O4/c1-4-26-20(25)16-10-6-8-12-18(16)22(15(3)23)13-19(24)21-17-11-7-5-9-14(17)2/h5-12H,4,13H2,1-3H3,(H,21,24). The van der Waals surface area contributed by atoms with Crippen molar-refractivity contribution in [3.8, 4) is 0 Å². The summed E-state index contributed by atoms with van der Waals surface area (Å²) < 4.78 is 5.04. The van der Waals surface area contributed by atoms with Crippen molar-refractivity contribution in [2.75, 3.05) is 23.4 Å². The number of nitrogens with one attached hydrogen (secondary N) is 1. The van der Waals surface area contributed by atoms with Crippen LogP contribution in [0.4, 0.5) is 11.4 Å². The molecule has 0 radical (unpaired) electrons. The Morgan fingerprint density at radius 2 is 1.69 bits per heavy atom. The van der Waals surface area contributed by atoms with Gasteiger partial charge in [-0.25, -0.2) is 4.79 Å². The highest BCUT2D eigenvalue weighted by Crippen LogP contribution is 2.22. The van der Waals surface area contributed by atoms with Gasteiger partial charge in [0.2, 0.25) is 11.8 Å². The maximum atomic E-state index is 12.4. The number of nitrogens with zero attached hydrogens (tertiary/aromatic N) is 1. The molecular formula is C20H22N2O4. The summed E-state index contributed by atoms with van der Waals surface area (Å²) in [7, 11) is 0. The minimum Gasteiger partial charge on any atom is -0.462 e. The van der Waals surface area contributed by atoms with Crippen molar-refractivity contribution in [3.05, 3.63) is 59.7 Å². The number of para-hydroxylation sites is 2. The number of ether oxygens (including phenoxy) is 1. The van der Waals surface area contributed by atoms with Crippen LogP contribution >= 0.6 is 0 Å². The van der Waals surface area contributed by atoms with Crippen LogP contribution in [0.2, 0.25) is 0 Å². The summed E-state index contributed by atoms with van der Waals surface area (Å²) >= 11 is 0. The van der Waals surface area contributed by atoms with Gasteiger partial charge >= 0.3 is 5.97 Å². The highest BCUT2D eigenvalue weighted by molar-refractivity contribution is 6.06. The van der Waals surface area contributed by atoms with E-state index in [1.54, 1.807) is 37.3 Å². The number of esters is 1. The van der Waals surface area contributed by atoms with Crippen LogP contribution in [-0.2, 0) is 14.3 Å². The predicted octanol–water partition coefficient (Wildman–Crippen LogP) is 3.16. The summed E-state index contributed by atoms with van der Waals surface area (Å²) in [5.74, 6) is -1.23. The van der Waals surface area contributed by atoms with E-state index in [4.69, 9.17) is 4.74 Å². The first kappa shape index (κ1) is 19.2. The molecule has 0 saturated carbocycles. The molecule has 0 atom stereocenters. The smallest absolute Gasteiger partial charge is 0.340 e. The summed E-state index contributed by atoms with van der Waals surface area (Å²) in [4.78, 5) is 38.0. The number of carbonyl (C=O) groups is 3. The van der Waals surface area contributed by atoms with Gasteiger partial charge in [-0.2, -0.15) is 0 Å². The molecule has 0 unspecified atom stereocenters. The molecule has 2 amide bonds. The van der Waals surface area contributed by atoms with Gasteiger partial charge in [0, 0.05) is 12.6 Å². The second kappa shape index (κ2) is 8.80. The Hall–Kier alpha value is -3.15. The number of benzene rings is 2. The van der Waals surface area contributed by atoms with Gasteiger partial charge in [0.05, 0.1) is 17.9 Å². The summed E-state index contributed by atoms with van der Waals surface area (Å²) in [6.07, 6.45) is 0. The van der Waals surface area contributed by atoms with Gasteiger partial charge < -0.3 is 15.0 Å². The molecule has 2 rings (SSSR count). The van der Waals surface area contributed by atoms with Crippen LogP contribution in [0.25, 0.3) is 0 Å². The number of anilines is 2. The van der Waals surface area contributed by atoms with E-state index in [0.717, 1.165) is 5.56 Å². The zero-order chi connectivity index (χ0) is 19.1. The Kier molecular flexibility index (Phi) is 6.49. The molecule has 0 aromatic heterocycles. The molecule has 1 N–H and O–H groups in total. The predicted molar refractivity (Wildman–Crippen MR) is 100 cm³/mol. The van der Waals surface area contributed by atoms with Crippen molar-refractivity contribution in [1.82, 2.24) is 0 Å². The average Bonchev–Trinajstić information content (AvgIpc) is 2.61. The molecule has 0 aliphatic carbocycles. The maximum absolute atomic E-state index is 12.4. The first-order chi connectivity index (χ1) is 12.4. The SMILES string of the molecule is CCOC(=O)c1ccccc1N(CC(=O)Nc1ccccc1C)C(C)=O. The van der Waals surface area contributed by atoms with E-state index in [9.17, 15) is 14.4 Å². The minimum atomic E-state index is -0.534.